The second-order valence-corrected chi connectivity index (χ2v) is 9.49. The normalized spacial score (nSPS) is 17.8. The molecule has 2 aromatic rings. The number of carbonyl (C=O) groups is 2. The molecule has 0 bridgehead atoms. The van der Waals surface area contributed by atoms with E-state index in [1.807, 2.05) is 31.4 Å². The van der Waals surface area contributed by atoms with Crippen LogP contribution in [0.1, 0.15) is 35.1 Å². The van der Waals surface area contributed by atoms with E-state index in [0.717, 1.165) is 17.9 Å². The zero-order valence-corrected chi connectivity index (χ0v) is 17.7. The number of rotatable bonds is 6. The maximum atomic E-state index is 12.9. The molecule has 1 saturated heterocycles. The second kappa shape index (κ2) is 8.41. The molecule has 0 saturated carbocycles. The summed E-state index contributed by atoms with van der Waals surface area (Å²) < 4.78 is 31.2. The predicted octanol–water partition coefficient (Wildman–Crippen LogP) is 2.50. The molecule has 0 unspecified atom stereocenters. The quantitative estimate of drug-likeness (QED) is 0.673. The Balaban J connectivity index is 1.76. The maximum absolute atomic E-state index is 12.9. The smallest absolute Gasteiger partial charge is 0.340 e. The van der Waals surface area contributed by atoms with Gasteiger partial charge in [0.1, 0.15) is 0 Å². The molecule has 1 aliphatic heterocycles. The minimum atomic E-state index is -3.17. The molecule has 0 spiro atoms. The monoisotopic (exact) mass is 418 g/mol. The van der Waals surface area contributed by atoms with Crippen molar-refractivity contribution >= 4 is 27.4 Å². The van der Waals surface area contributed by atoms with Crippen LogP contribution in [0, 0.1) is 13.8 Å². The van der Waals surface area contributed by atoms with E-state index in [4.69, 9.17) is 4.74 Å². The van der Waals surface area contributed by atoms with Crippen LogP contribution in [0.25, 0.3) is 0 Å². The first-order valence-corrected chi connectivity index (χ1v) is 11.5. The minimum Gasteiger partial charge on any atom is -0.452 e. The van der Waals surface area contributed by atoms with Crippen molar-refractivity contribution in [3.8, 4) is 0 Å². The van der Waals surface area contributed by atoms with Gasteiger partial charge in [-0.25, -0.2) is 13.2 Å². The topological polar surface area (TPSA) is 85.7 Å². The molecule has 1 fully saturated rings. The van der Waals surface area contributed by atoms with Gasteiger partial charge in [-0.2, -0.15) is 0 Å². The van der Waals surface area contributed by atoms with Crippen LogP contribution in [0.15, 0.2) is 36.4 Å². The van der Waals surface area contributed by atoms with Crippen LogP contribution >= 0.6 is 0 Å². The molecule has 1 amide bonds. The lowest BCUT2D eigenvalue weighted by Gasteiger charge is -2.28. The van der Waals surface area contributed by atoms with Crippen LogP contribution < -0.4 is 4.90 Å². The second-order valence-electron chi connectivity index (χ2n) is 7.26. The van der Waals surface area contributed by atoms with Crippen LogP contribution in [0.4, 0.5) is 5.69 Å². The van der Waals surface area contributed by atoms with E-state index >= 15 is 0 Å². The molecule has 8 heteroatoms. The molecular formula is C21H26N2O5S. The molecule has 1 atom stereocenters. The fraction of sp³-hybridized carbons (Fsp3) is 0.429. The van der Waals surface area contributed by atoms with Crippen LogP contribution in [-0.4, -0.2) is 49.0 Å². The van der Waals surface area contributed by atoms with Gasteiger partial charge in [0.15, 0.2) is 16.4 Å². The fourth-order valence-electron chi connectivity index (χ4n) is 3.90. The van der Waals surface area contributed by atoms with Gasteiger partial charge in [0, 0.05) is 23.6 Å². The molecule has 156 valence electrons. The van der Waals surface area contributed by atoms with E-state index in [2.05, 4.69) is 0 Å². The number of aromatic nitrogens is 1. The predicted molar refractivity (Wildman–Crippen MR) is 111 cm³/mol. The van der Waals surface area contributed by atoms with E-state index in [1.165, 1.54) is 4.90 Å². The summed E-state index contributed by atoms with van der Waals surface area (Å²) in [7, 11) is -3.17. The number of para-hydroxylation sites is 1. The Hall–Kier alpha value is -2.61. The Morgan fingerprint density at radius 3 is 2.45 bits per heavy atom. The molecular weight excluding hydrogens is 392 g/mol. The third-order valence-electron chi connectivity index (χ3n) is 5.31. The van der Waals surface area contributed by atoms with Gasteiger partial charge >= 0.3 is 5.97 Å². The number of esters is 1. The molecule has 29 heavy (non-hydrogen) atoms. The van der Waals surface area contributed by atoms with Gasteiger partial charge in [-0.15, -0.1) is 0 Å². The highest BCUT2D eigenvalue weighted by molar-refractivity contribution is 7.91. The summed E-state index contributed by atoms with van der Waals surface area (Å²) in [6.07, 6.45) is 0.370. The molecule has 0 N–H and O–H groups in total. The number of ether oxygens (including phenoxy) is 1. The zero-order valence-electron chi connectivity index (χ0n) is 16.9. The van der Waals surface area contributed by atoms with Crippen LogP contribution in [0.3, 0.4) is 0 Å². The van der Waals surface area contributed by atoms with Crippen molar-refractivity contribution < 1.29 is 22.7 Å². The van der Waals surface area contributed by atoms with Crippen molar-refractivity contribution in [3.05, 3.63) is 53.3 Å². The van der Waals surface area contributed by atoms with Crippen molar-refractivity contribution in [1.82, 2.24) is 4.57 Å². The SMILES string of the molecule is CCn1c(C)cc(C(=O)OCC(=O)N(c2ccccc2)[C@H]2CCS(=O)(=O)C2)c1C. The summed E-state index contributed by atoms with van der Waals surface area (Å²) in [6, 6.07) is 10.2. The number of hydrogen-bond acceptors (Lipinski definition) is 5. The Morgan fingerprint density at radius 1 is 1.21 bits per heavy atom. The summed E-state index contributed by atoms with van der Waals surface area (Å²) in [6.45, 7) is 6.04. The largest absolute Gasteiger partial charge is 0.452 e. The molecule has 0 radical (unpaired) electrons. The molecule has 3 rings (SSSR count). The molecule has 1 aliphatic rings. The van der Waals surface area contributed by atoms with Crippen molar-refractivity contribution in [2.45, 2.75) is 39.8 Å². The number of aryl methyl sites for hydroxylation is 1. The zero-order chi connectivity index (χ0) is 21.2. The highest BCUT2D eigenvalue weighted by Gasteiger charge is 2.36. The molecule has 7 nitrogen and oxygen atoms in total. The van der Waals surface area contributed by atoms with E-state index in [9.17, 15) is 18.0 Å². The van der Waals surface area contributed by atoms with Gasteiger partial charge in [0.2, 0.25) is 0 Å². The number of benzene rings is 1. The number of sulfone groups is 1. The number of amides is 1. The number of nitrogens with zero attached hydrogens (tertiary/aromatic N) is 2. The van der Waals surface area contributed by atoms with Gasteiger partial charge in [-0.1, -0.05) is 18.2 Å². The fourth-order valence-corrected chi connectivity index (χ4v) is 5.59. The Labute approximate surface area is 171 Å². The highest BCUT2D eigenvalue weighted by Crippen LogP contribution is 2.25. The molecule has 1 aromatic heterocycles. The van der Waals surface area contributed by atoms with E-state index < -0.39 is 34.4 Å². The number of carbonyl (C=O) groups excluding carboxylic acids is 2. The third kappa shape index (κ3) is 4.53. The summed E-state index contributed by atoms with van der Waals surface area (Å²) in [5.41, 5.74) is 2.78. The molecule has 2 heterocycles. The van der Waals surface area contributed by atoms with Crippen LogP contribution in [0.5, 0.6) is 0 Å². The number of hydrogen-bond donors (Lipinski definition) is 0. The maximum Gasteiger partial charge on any atom is 0.340 e. The lowest BCUT2D eigenvalue weighted by atomic mass is 10.2. The number of anilines is 1. The van der Waals surface area contributed by atoms with Crippen molar-refractivity contribution in [2.75, 3.05) is 23.0 Å². The lowest BCUT2D eigenvalue weighted by molar-refractivity contribution is -0.122. The van der Waals surface area contributed by atoms with E-state index in [0.29, 0.717) is 17.7 Å². The minimum absolute atomic E-state index is 0.0527. The lowest BCUT2D eigenvalue weighted by Crippen LogP contribution is -2.43. The summed E-state index contributed by atoms with van der Waals surface area (Å²) in [5.74, 6) is -1.02. The average Bonchev–Trinajstić information content (AvgIpc) is 3.18. The van der Waals surface area contributed by atoms with Gasteiger partial charge in [-0.05, 0) is 45.4 Å². The Morgan fingerprint density at radius 2 is 1.90 bits per heavy atom. The van der Waals surface area contributed by atoms with E-state index in [1.54, 1.807) is 30.3 Å². The summed E-state index contributed by atoms with van der Waals surface area (Å²) in [5, 5.41) is 0. The average molecular weight is 419 g/mol. The van der Waals surface area contributed by atoms with E-state index in [-0.39, 0.29) is 11.5 Å². The van der Waals surface area contributed by atoms with Crippen LogP contribution in [-0.2, 0) is 25.9 Å². The standard InChI is InChI=1S/C21H26N2O5S/c1-4-22-15(2)12-19(16(22)3)21(25)28-13-20(24)23(17-8-6-5-7-9-17)18-10-11-29(26,27)14-18/h5-9,12,18H,4,10-11,13-14H2,1-3H3/t18-/m0/s1. The highest BCUT2D eigenvalue weighted by atomic mass is 32.2. The van der Waals surface area contributed by atoms with Crippen molar-refractivity contribution in [2.24, 2.45) is 0 Å². The van der Waals surface area contributed by atoms with Gasteiger partial charge in [0.25, 0.3) is 5.91 Å². The van der Waals surface area contributed by atoms with Gasteiger partial charge in [-0.3, -0.25) is 4.79 Å². The molecule has 1 aromatic carbocycles. The Bertz CT molecular complexity index is 1010. The van der Waals surface area contributed by atoms with Crippen molar-refractivity contribution in [1.29, 1.82) is 0 Å². The first-order chi connectivity index (χ1) is 13.7. The van der Waals surface area contributed by atoms with Crippen molar-refractivity contribution in [3.63, 3.8) is 0 Å². The first kappa shape index (κ1) is 21.1. The van der Waals surface area contributed by atoms with Gasteiger partial charge < -0.3 is 14.2 Å². The van der Waals surface area contributed by atoms with Crippen LogP contribution in [0.2, 0.25) is 0 Å². The Kier molecular flexibility index (Phi) is 6.12. The third-order valence-corrected chi connectivity index (χ3v) is 7.06. The molecule has 0 aliphatic carbocycles. The summed E-state index contributed by atoms with van der Waals surface area (Å²) >= 11 is 0. The first-order valence-electron chi connectivity index (χ1n) is 9.65. The van der Waals surface area contributed by atoms with Gasteiger partial charge in [0.05, 0.1) is 23.1 Å². The summed E-state index contributed by atoms with van der Waals surface area (Å²) in [4.78, 5) is 26.9.